The molecule has 2 aromatic rings. The maximum Gasteiger partial charge on any atom is 0.215 e. The van der Waals surface area contributed by atoms with Crippen molar-refractivity contribution in [2.45, 2.75) is 6.61 Å². The van der Waals surface area contributed by atoms with Gasteiger partial charge in [-0.25, -0.2) is 4.98 Å². The van der Waals surface area contributed by atoms with Crippen LogP contribution in [0.2, 0.25) is 5.15 Å². The first-order chi connectivity index (χ1) is 8.28. The molecule has 4 nitrogen and oxygen atoms in total. The van der Waals surface area contributed by atoms with Gasteiger partial charge in [0.1, 0.15) is 17.8 Å². The van der Waals surface area contributed by atoms with E-state index in [1.54, 1.807) is 30.3 Å². The molecule has 0 saturated heterocycles. The Morgan fingerprint density at radius 1 is 1.29 bits per heavy atom. The molecule has 0 fully saturated rings. The van der Waals surface area contributed by atoms with Gasteiger partial charge in [-0.3, -0.25) is 4.98 Å². The van der Waals surface area contributed by atoms with Gasteiger partial charge in [0.25, 0.3) is 0 Å². The molecule has 0 atom stereocenters. The van der Waals surface area contributed by atoms with Crippen LogP contribution in [-0.4, -0.2) is 9.97 Å². The third-order valence-electron chi connectivity index (χ3n) is 2.01. The minimum atomic E-state index is 0.291. The number of hydrogen-bond donors (Lipinski definition) is 0. The van der Waals surface area contributed by atoms with Crippen LogP contribution in [0.5, 0.6) is 5.88 Å². The Morgan fingerprint density at radius 2 is 2.18 bits per heavy atom. The summed E-state index contributed by atoms with van der Waals surface area (Å²) in [6.07, 6.45) is 1.50. The minimum Gasteiger partial charge on any atom is -0.471 e. The number of ether oxygens (including phenoxy) is 1. The van der Waals surface area contributed by atoms with E-state index in [0.29, 0.717) is 23.2 Å². The summed E-state index contributed by atoms with van der Waals surface area (Å²) >= 11 is 5.72. The SMILES string of the molecule is N#Cc1ccc(COc2cccc(Cl)n2)nc1. The van der Waals surface area contributed by atoms with Crippen LogP contribution < -0.4 is 4.74 Å². The van der Waals surface area contributed by atoms with E-state index in [0.717, 1.165) is 5.69 Å². The van der Waals surface area contributed by atoms with Gasteiger partial charge in [-0.2, -0.15) is 5.26 Å². The molecule has 0 bridgehead atoms. The van der Waals surface area contributed by atoms with E-state index < -0.39 is 0 Å². The van der Waals surface area contributed by atoms with E-state index in [-0.39, 0.29) is 0 Å². The molecule has 0 radical (unpaired) electrons. The van der Waals surface area contributed by atoms with E-state index >= 15 is 0 Å². The summed E-state index contributed by atoms with van der Waals surface area (Å²) < 4.78 is 5.41. The number of nitrogens with zero attached hydrogens (tertiary/aromatic N) is 3. The molecule has 0 amide bonds. The second-order valence-electron chi connectivity index (χ2n) is 3.24. The van der Waals surface area contributed by atoms with Gasteiger partial charge < -0.3 is 4.74 Å². The van der Waals surface area contributed by atoms with Crippen molar-refractivity contribution in [3.05, 3.63) is 52.9 Å². The lowest BCUT2D eigenvalue weighted by Crippen LogP contribution is -1.99. The molecule has 0 aliphatic carbocycles. The summed E-state index contributed by atoms with van der Waals surface area (Å²) in [6.45, 7) is 0.291. The molecule has 17 heavy (non-hydrogen) atoms. The van der Waals surface area contributed by atoms with Crippen molar-refractivity contribution in [1.82, 2.24) is 9.97 Å². The van der Waals surface area contributed by atoms with Gasteiger partial charge >= 0.3 is 0 Å². The zero-order chi connectivity index (χ0) is 12.1. The molecule has 2 heterocycles. The Morgan fingerprint density at radius 3 is 2.82 bits per heavy atom. The van der Waals surface area contributed by atoms with Gasteiger partial charge in [-0.15, -0.1) is 0 Å². The van der Waals surface area contributed by atoms with Crippen LogP contribution in [0.25, 0.3) is 0 Å². The predicted octanol–water partition coefficient (Wildman–Crippen LogP) is 2.58. The number of aromatic nitrogens is 2. The monoisotopic (exact) mass is 245 g/mol. The van der Waals surface area contributed by atoms with Gasteiger partial charge in [0.2, 0.25) is 5.88 Å². The minimum absolute atomic E-state index is 0.291. The Hall–Kier alpha value is -2.12. The van der Waals surface area contributed by atoms with E-state index in [4.69, 9.17) is 21.6 Å². The summed E-state index contributed by atoms with van der Waals surface area (Å²) in [5.74, 6) is 0.448. The van der Waals surface area contributed by atoms with Crippen molar-refractivity contribution in [2.75, 3.05) is 0 Å². The number of nitriles is 1. The number of rotatable bonds is 3. The Kier molecular flexibility index (Phi) is 3.53. The topological polar surface area (TPSA) is 58.8 Å². The smallest absolute Gasteiger partial charge is 0.215 e. The maximum absolute atomic E-state index is 8.62. The normalized spacial score (nSPS) is 9.65. The zero-order valence-electron chi connectivity index (χ0n) is 8.80. The molecule has 0 saturated carbocycles. The predicted molar refractivity (Wildman–Crippen MR) is 62.5 cm³/mol. The lowest BCUT2D eigenvalue weighted by atomic mass is 10.3. The van der Waals surface area contributed by atoms with Crippen molar-refractivity contribution in [3.8, 4) is 11.9 Å². The Bertz CT molecular complexity index is 548. The summed E-state index contributed by atoms with van der Waals surface area (Å²) in [5, 5.41) is 9.01. The molecule has 0 aliphatic rings. The highest BCUT2D eigenvalue weighted by molar-refractivity contribution is 6.29. The van der Waals surface area contributed by atoms with E-state index in [1.165, 1.54) is 6.20 Å². The highest BCUT2D eigenvalue weighted by Gasteiger charge is 1.99. The molecule has 5 heteroatoms. The highest BCUT2D eigenvalue weighted by Crippen LogP contribution is 2.12. The van der Waals surface area contributed by atoms with Gasteiger partial charge in [0, 0.05) is 12.3 Å². The summed E-state index contributed by atoms with van der Waals surface area (Å²) in [6, 6.07) is 10.6. The average molecular weight is 246 g/mol. The third-order valence-corrected chi connectivity index (χ3v) is 2.22. The van der Waals surface area contributed by atoms with Crippen LogP contribution in [-0.2, 0) is 6.61 Å². The second-order valence-corrected chi connectivity index (χ2v) is 3.62. The first-order valence-electron chi connectivity index (χ1n) is 4.88. The molecular formula is C12H8ClN3O. The highest BCUT2D eigenvalue weighted by atomic mass is 35.5. The van der Waals surface area contributed by atoms with Crippen LogP contribution in [0.15, 0.2) is 36.5 Å². The van der Waals surface area contributed by atoms with Crippen LogP contribution in [0, 0.1) is 11.3 Å². The van der Waals surface area contributed by atoms with Crippen molar-refractivity contribution < 1.29 is 4.74 Å². The van der Waals surface area contributed by atoms with E-state index in [2.05, 4.69) is 9.97 Å². The van der Waals surface area contributed by atoms with Crippen molar-refractivity contribution in [1.29, 1.82) is 5.26 Å². The first kappa shape index (κ1) is 11.4. The first-order valence-corrected chi connectivity index (χ1v) is 5.26. The molecule has 2 aromatic heterocycles. The van der Waals surface area contributed by atoms with Crippen molar-refractivity contribution >= 4 is 11.6 Å². The molecule has 0 N–H and O–H groups in total. The number of hydrogen-bond acceptors (Lipinski definition) is 4. The summed E-state index contributed by atoms with van der Waals surface area (Å²) in [5.41, 5.74) is 1.25. The lowest BCUT2D eigenvalue weighted by molar-refractivity contribution is 0.289. The molecule has 84 valence electrons. The van der Waals surface area contributed by atoms with Crippen molar-refractivity contribution in [3.63, 3.8) is 0 Å². The Balaban J connectivity index is 2.00. The third kappa shape index (κ3) is 3.16. The fraction of sp³-hybridized carbons (Fsp3) is 0.0833. The molecule has 0 aliphatic heterocycles. The van der Waals surface area contributed by atoms with Gasteiger partial charge in [-0.1, -0.05) is 17.7 Å². The average Bonchev–Trinajstić information content (AvgIpc) is 2.37. The maximum atomic E-state index is 8.62. The Labute approximate surface area is 103 Å². The van der Waals surface area contributed by atoms with Crippen LogP contribution in [0.4, 0.5) is 0 Å². The fourth-order valence-electron chi connectivity index (χ4n) is 1.19. The van der Waals surface area contributed by atoms with Gasteiger partial charge in [0.15, 0.2) is 0 Å². The van der Waals surface area contributed by atoms with Crippen LogP contribution in [0.1, 0.15) is 11.3 Å². The summed E-state index contributed by atoms with van der Waals surface area (Å²) in [7, 11) is 0. The van der Waals surface area contributed by atoms with Gasteiger partial charge in [-0.05, 0) is 18.2 Å². The number of halogens is 1. The second kappa shape index (κ2) is 5.28. The number of pyridine rings is 2. The summed E-state index contributed by atoms with van der Waals surface area (Å²) in [4.78, 5) is 8.06. The van der Waals surface area contributed by atoms with Crippen LogP contribution in [0.3, 0.4) is 0 Å². The van der Waals surface area contributed by atoms with Gasteiger partial charge in [0.05, 0.1) is 11.3 Å². The van der Waals surface area contributed by atoms with E-state index in [9.17, 15) is 0 Å². The molecular weight excluding hydrogens is 238 g/mol. The molecule has 0 spiro atoms. The van der Waals surface area contributed by atoms with Crippen molar-refractivity contribution in [2.24, 2.45) is 0 Å². The van der Waals surface area contributed by atoms with Crippen LogP contribution >= 0.6 is 11.6 Å². The van der Waals surface area contributed by atoms with E-state index in [1.807, 2.05) is 6.07 Å². The zero-order valence-corrected chi connectivity index (χ0v) is 9.55. The molecule has 0 aromatic carbocycles. The molecule has 2 rings (SSSR count). The standard InChI is InChI=1S/C12H8ClN3O/c13-11-2-1-3-12(16-11)17-8-10-5-4-9(6-14)7-15-10/h1-5,7H,8H2. The largest absolute Gasteiger partial charge is 0.471 e. The lowest BCUT2D eigenvalue weighted by Gasteiger charge is -2.04. The molecule has 0 unspecified atom stereocenters. The fourth-order valence-corrected chi connectivity index (χ4v) is 1.35. The quantitative estimate of drug-likeness (QED) is 0.780.